The van der Waals surface area contributed by atoms with Crippen molar-refractivity contribution in [3.05, 3.63) is 0 Å². The lowest BCUT2D eigenvalue weighted by molar-refractivity contribution is -0.287. The Morgan fingerprint density at radius 1 is 0.700 bits per heavy atom. The molecule has 0 radical (unpaired) electrons. The molecule has 0 bridgehead atoms. The van der Waals surface area contributed by atoms with Gasteiger partial charge in [-0.1, -0.05) is 90.4 Å². The molecule has 0 aromatic carbocycles. The zero-order chi connectivity index (χ0) is 22.2. The molecule has 7 heteroatoms. The Bertz CT molecular complexity index is 432. The van der Waals surface area contributed by atoms with Crippen LogP contribution in [0.1, 0.15) is 103 Å². The highest BCUT2D eigenvalue weighted by molar-refractivity contribution is 5.69. The van der Waals surface area contributed by atoms with Gasteiger partial charge in [-0.25, -0.2) is 0 Å². The topological polar surface area (TPSA) is 116 Å². The van der Waals surface area contributed by atoms with Crippen molar-refractivity contribution < 1.29 is 34.7 Å². The summed E-state index contributed by atoms with van der Waals surface area (Å²) in [6, 6.07) is 0. The number of ether oxygens (including phenoxy) is 2. The quantitative estimate of drug-likeness (QED) is 0.206. The molecule has 1 heterocycles. The lowest BCUT2D eigenvalue weighted by Crippen LogP contribution is -2.58. The van der Waals surface area contributed by atoms with E-state index in [1.807, 2.05) is 0 Å². The van der Waals surface area contributed by atoms with E-state index in [2.05, 4.69) is 6.92 Å². The number of hydrogen-bond donors (Lipinski definition) is 4. The fourth-order valence-corrected chi connectivity index (χ4v) is 3.78. The molecule has 5 unspecified atom stereocenters. The van der Waals surface area contributed by atoms with E-state index >= 15 is 0 Å². The van der Waals surface area contributed by atoms with Gasteiger partial charge in [-0.05, 0) is 6.42 Å². The summed E-state index contributed by atoms with van der Waals surface area (Å²) >= 11 is 0. The van der Waals surface area contributed by atoms with Gasteiger partial charge in [0.05, 0.1) is 0 Å². The molecule has 0 saturated carbocycles. The van der Waals surface area contributed by atoms with E-state index in [-0.39, 0.29) is 12.6 Å². The molecule has 1 saturated heterocycles. The molecule has 1 fully saturated rings. The highest BCUT2D eigenvalue weighted by Crippen LogP contribution is 2.20. The summed E-state index contributed by atoms with van der Waals surface area (Å²) < 4.78 is 10.0. The van der Waals surface area contributed by atoms with Crippen LogP contribution in [0, 0.1) is 0 Å². The smallest absolute Gasteiger partial charge is 0.305 e. The van der Waals surface area contributed by atoms with Crippen molar-refractivity contribution in [2.24, 2.45) is 0 Å². The summed E-state index contributed by atoms with van der Waals surface area (Å²) in [6.45, 7) is 1.98. The zero-order valence-electron chi connectivity index (χ0n) is 18.7. The maximum Gasteiger partial charge on any atom is 0.305 e. The predicted molar refractivity (Wildman–Crippen MR) is 115 cm³/mol. The van der Waals surface area contributed by atoms with Crippen LogP contribution in [0.15, 0.2) is 0 Å². The largest absolute Gasteiger partial charge is 0.463 e. The van der Waals surface area contributed by atoms with Crippen LogP contribution in [-0.4, -0.2) is 63.7 Å². The molecular weight excluding hydrogens is 388 g/mol. The fraction of sp³-hybridized carbons (Fsp3) is 0.957. The number of unbranched alkanes of at least 4 members (excludes halogenated alkanes) is 13. The van der Waals surface area contributed by atoms with Crippen LogP contribution in [0.2, 0.25) is 0 Å². The van der Waals surface area contributed by atoms with Crippen LogP contribution < -0.4 is 0 Å². The lowest BCUT2D eigenvalue weighted by Gasteiger charge is -2.37. The molecule has 30 heavy (non-hydrogen) atoms. The average molecular weight is 433 g/mol. The standard InChI is InChI=1S/C23H44O7/c1-2-3-4-5-6-7-8-9-10-11-12-13-14-15-16-19(24)29-17-18-20(25)21(26)22(27)23(28)30-18/h18,20-23,25-28H,2-17H2,1H3. The molecule has 0 amide bonds. The average Bonchev–Trinajstić information content (AvgIpc) is 2.74. The molecule has 1 aliphatic rings. The number of aliphatic hydroxyl groups is 4. The SMILES string of the molecule is CCCCCCCCCCCCCCCCC(=O)OCC1OC(O)C(O)C(O)C1O. The van der Waals surface area contributed by atoms with Gasteiger partial charge in [0, 0.05) is 6.42 Å². The second-order valence-electron chi connectivity index (χ2n) is 8.57. The summed E-state index contributed by atoms with van der Waals surface area (Å²) in [4.78, 5) is 11.8. The van der Waals surface area contributed by atoms with Gasteiger partial charge in [0.1, 0.15) is 31.0 Å². The number of aliphatic hydroxyl groups excluding tert-OH is 4. The molecule has 178 valence electrons. The lowest BCUT2D eigenvalue weighted by atomic mass is 9.99. The first-order valence-corrected chi connectivity index (χ1v) is 12.0. The molecule has 5 atom stereocenters. The van der Waals surface area contributed by atoms with Crippen LogP contribution in [-0.2, 0) is 14.3 Å². The van der Waals surface area contributed by atoms with Crippen LogP contribution in [0.4, 0.5) is 0 Å². The minimum absolute atomic E-state index is 0.264. The van der Waals surface area contributed by atoms with E-state index in [9.17, 15) is 25.2 Å². The van der Waals surface area contributed by atoms with Gasteiger partial charge in [0.2, 0.25) is 0 Å². The Morgan fingerprint density at radius 2 is 1.17 bits per heavy atom. The molecule has 4 N–H and O–H groups in total. The maximum absolute atomic E-state index is 11.8. The summed E-state index contributed by atoms with van der Waals surface area (Å²) in [5.74, 6) is -0.389. The first kappa shape index (κ1) is 27.3. The Balaban J connectivity index is 1.91. The van der Waals surface area contributed by atoms with E-state index in [1.165, 1.54) is 70.6 Å². The molecule has 0 aromatic heterocycles. The second kappa shape index (κ2) is 16.9. The zero-order valence-corrected chi connectivity index (χ0v) is 18.7. The van der Waals surface area contributed by atoms with Crippen molar-refractivity contribution in [2.45, 2.75) is 134 Å². The van der Waals surface area contributed by atoms with E-state index in [0.29, 0.717) is 6.42 Å². The fourth-order valence-electron chi connectivity index (χ4n) is 3.78. The summed E-state index contributed by atoms with van der Waals surface area (Å²) in [7, 11) is 0. The highest BCUT2D eigenvalue weighted by Gasteiger charge is 2.43. The molecule has 1 rings (SSSR count). The monoisotopic (exact) mass is 432 g/mol. The Labute approximate surface area is 181 Å². The molecule has 1 aliphatic heterocycles. The molecule has 0 aromatic rings. The predicted octanol–water partition coefficient (Wildman–Crippen LogP) is 3.20. The van der Waals surface area contributed by atoms with Gasteiger partial charge in [-0.15, -0.1) is 0 Å². The van der Waals surface area contributed by atoms with Crippen LogP contribution in [0.25, 0.3) is 0 Å². The Hall–Kier alpha value is -0.730. The highest BCUT2D eigenvalue weighted by atomic mass is 16.6. The number of carbonyl (C=O) groups is 1. The molecule has 7 nitrogen and oxygen atoms in total. The minimum atomic E-state index is -1.61. The molecule has 0 spiro atoms. The third kappa shape index (κ3) is 11.6. The van der Waals surface area contributed by atoms with Crippen LogP contribution >= 0.6 is 0 Å². The number of esters is 1. The van der Waals surface area contributed by atoms with Crippen molar-refractivity contribution in [3.63, 3.8) is 0 Å². The van der Waals surface area contributed by atoms with Crippen molar-refractivity contribution in [1.29, 1.82) is 0 Å². The Kier molecular flexibility index (Phi) is 15.4. The number of carbonyl (C=O) groups excluding carboxylic acids is 1. The van der Waals surface area contributed by atoms with Gasteiger partial charge < -0.3 is 29.9 Å². The Morgan fingerprint density at radius 3 is 1.67 bits per heavy atom. The van der Waals surface area contributed by atoms with Crippen molar-refractivity contribution in [3.8, 4) is 0 Å². The van der Waals surface area contributed by atoms with E-state index in [0.717, 1.165) is 19.3 Å². The third-order valence-electron chi connectivity index (χ3n) is 5.83. The summed E-state index contributed by atoms with van der Waals surface area (Å²) in [5.41, 5.74) is 0. The van der Waals surface area contributed by atoms with Crippen LogP contribution in [0.5, 0.6) is 0 Å². The first-order chi connectivity index (χ1) is 14.5. The number of rotatable bonds is 17. The van der Waals surface area contributed by atoms with Gasteiger partial charge in [0.25, 0.3) is 0 Å². The van der Waals surface area contributed by atoms with Crippen molar-refractivity contribution in [1.82, 2.24) is 0 Å². The normalized spacial score (nSPS) is 26.6. The van der Waals surface area contributed by atoms with Gasteiger partial charge in [0.15, 0.2) is 6.29 Å². The van der Waals surface area contributed by atoms with E-state index < -0.39 is 30.7 Å². The van der Waals surface area contributed by atoms with Crippen molar-refractivity contribution in [2.75, 3.05) is 6.61 Å². The van der Waals surface area contributed by atoms with Gasteiger partial charge in [-0.2, -0.15) is 0 Å². The third-order valence-corrected chi connectivity index (χ3v) is 5.83. The number of hydrogen-bond acceptors (Lipinski definition) is 7. The first-order valence-electron chi connectivity index (χ1n) is 12.0. The van der Waals surface area contributed by atoms with E-state index in [4.69, 9.17) is 9.47 Å². The molecular formula is C23H44O7. The second-order valence-corrected chi connectivity index (χ2v) is 8.57. The van der Waals surface area contributed by atoms with E-state index in [1.54, 1.807) is 0 Å². The molecule has 0 aliphatic carbocycles. The van der Waals surface area contributed by atoms with Crippen LogP contribution in [0.3, 0.4) is 0 Å². The van der Waals surface area contributed by atoms with Crippen molar-refractivity contribution >= 4 is 5.97 Å². The van der Waals surface area contributed by atoms with Gasteiger partial charge >= 0.3 is 5.97 Å². The summed E-state index contributed by atoms with van der Waals surface area (Å²) in [5, 5.41) is 38.3. The van der Waals surface area contributed by atoms with Gasteiger partial charge in [-0.3, -0.25) is 4.79 Å². The summed E-state index contributed by atoms with van der Waals surface area (Å²) in [6.07, 6.45) is 10.6. The maximum atomic E-state index is 11.8. The minimum Gasteiger partial charge on any atom is -0.463 e.